The van der Waals surface area contributed by atoms with Crippen LogP contribution < -0.4 is 5.32 Å². The first-order valence-electron chi connectivity index (χ1n) is 7.11. The SMILES string of the molecule is O=C(Cc1cc(-c2ccccc2)on1)NCCc1cccs1. The number of hydrogen-bond acceptors (Lipinski definition) is 4. The van der Waals surface area contributed by atoms with Crippen molar-refractivity contribution in [2.75, 3.05) is 6.54 Å². The summed E-state index contributed by atoms with van der Waals surface area (Å²) < 4.78 is 5.29. The minimum Gasteiger partial charge on any atom is -0.356 e. The molecule has 2 heterocycles. The summed E-state index contributed by atoms with van der Waals surface area (Å²) in [6.07, 6.45) is 1.10. The smallest absolute Gasteiger partial charge is 0.226 e. The minimum absolute atomic E-state index is 0.0375. The Hall–Kier alpha value is -2.40. The molecule has 1 aromatic carbocycles. The van der Waals surface area contributed by atoms with Gasteiger partial charge in [-0.05, 0) is 17.9 Å². The fourth-order valence-corrected chi connectivity index (χ4v) is 2.85. The van der Waals surface area contributed by atoms with Crippen LogP contribution in [-0.4, -0.2) is 17.6 Å². The Morgan fingerprint density at radius 2 is 2.05 bits per heavy atom. The number of rotatable bonds is 6. The third kappa shape index (κ3) is 3.83. The van der Waals surface area contributed by atoms with Crippen LogP contribution in [0.25, 0.3) is 11.3 Å². The third-order valence-electron chi connectivity index (χ3n) is 3.23. The van der Waals surface area contributed by atoms with Gasteiger partial charge in [0.05, 0.1) is 12.1 Å². The van der Waals surface area contributed by atoms with Crippen molar-refractivity contribution < 1.29 is 9.32 Å². The van der Waals surface area contributed by atoms with E-state index in [1.165, 1.54) is 4.88 Å². The predicted molar refractivity (Wildman–Crippen MR) is 86.7 cm³/mol. The van der Waals surface area contributed by atoms with E-state index in [-0.39, 0.29) is 12.3 Å². The van der Waals surface area contributed by atoms with E-state index < -0.39 is 0 Å². The van der Waals surface area contributed by atoms with Crippen molar-refractivity contribution in [2.45, 2.75) is 12.8 Å². The Labute approximate surface area is 132 Å². The van der Waals surface area contributed by atoms with E-state index in [9.17, 15) is 4.79 Å². The quantitative estimate of drug-likeness (QED) is 0.760. The van der Waals surface area contributed by atoms with Gasteiger partial charge in [0.1, 0.15) is 0 Å². The molecular weight excluding hydrogens is 296 g/mol. The molecule has 3 rings (SSSR count). The van der Waals surface area contributed by atoms with Gasteiger partial charge < -0.3 is 9.84 Å². The van der Waals surface area contributed by atoms with Crippen molar-refractivity contribution >= 4 is 17.2 Å². The molecule has 112 valence electrons. The molecule has 1 amide bonds. The van der Waals surface area contributed by atoms with Crippen LogP contribution in [0, 0.1) is 0 Å². The van der Waals surface area contributed by atoms with Gasteiger partial charge in [0.2, 0.25) is 5.91 Å². The maximum atomic E-state index is 11.9. The van der Waals surface area contributed by atoms with Crippen molar-refractivity contribution in [2.24, 2.45) is 0 Å². The molecule has 0 spiro atoms. The van der Waals surface area contributed by atoms with Gasteiger partial charge in [-0.25, -0.2) is 0 Å². The maximum Gasteiger partial charge on any atom is 0.226 e. The van der Waals surface area contributed by atoms with E-state index in [2.05, 4.69) is 16.5 Å². The summed E-state index contributed by atoms with van der Waals surface area (Å²) in [6.45, 7) is 0.642. The minimum atomic E-state index is -0.0375. The van der Waals surface area contributed by atoms with Gasteiger partial charge in [0.15, 0.2) is 5.76 Å². The van der Waals surface area contributed by atoms with Crippen LogP contribution >= 0.6 is 11.3 Å². The Kier molecular flexibility index (Phi) is 4.65. The average molecular weight is 312 g/mol. The molecule has 0 aliphatic rings. The normalized spacial score (nSPS) is 10.5. The summed E-state index contributed by atoms with van der Waals surface area (Å²) in [7, 11) is 0. The lowest BCUT2D eigenvalue weighted by atomic mass is 10.1. The van der Waals surface area contributed by atoms with Crippen LogP contribution in [0.2, 0.25) is 0 Å². The number of benzene rings is 1. The lowest BCUT2D eigenvalue weighted by Gasteiger charge is -2.02. The molecule has 1 N–H and O–H groups in total. The summed E-state index contributed by atoms with van der Waals surface area (Å²) in [5, 5.41) is 8.90. The lowest BCUT2D eigenvalue weighted by molar-refractivity contribution is -0.120. The molecule has 0 radical (unpaired) electrons. The topological polar surface area (TPSA) is 55.1 Å². The zero-order valence-corrected chi connectivity index (χ0v) is 12.8. The molecule has 22 heavy (non-hydrogen) atoms. The second kappa shape index (κ2) is 7.04. The molecule has 0 fully saturated rings. The highest BCUT2D eigenvalue weighted by Crippen LogP contribution is 2.19. The Bertz CT molecular complexity index is 720. The first kappa shape index (κ1) is 14.5. The molecule has 0 aliphatic heterocycles. The van der Waals surface area contributed by atoms with Crippen molar-refractivity contribution in [3.8, 4) is 11.3 Å². The fourth-order valence-electron chi connectivity index (χ4n) is 2.14. The van der Waals surface area contributed by atoms with Crippen molar-refractivity contribution in [1.82, 2.24) is 10.5 Å². The zero-order valence-electron chi connectivity index (χ0n) is 12.0. The third-order valence-corrected chi connectivity index (χ3v) is 4.17. The number of hydrogen-bond donors (Lipinski definition) is 1. The fraction of sp³-hybridized carbons (Fsp3) is 0.176. The van der Waals surface area contributed by atoms with E-state index >= 15 is 0 Å². The van der Waals surface area contributed by atoms with Gasteiger partial charge in [0.25, 0.3) is 0 Å². The highest BCUT2D eigenvalue weighted by molar-refractivity contribution is 7.09. The van der Waals surface area contributed by atoms with Crippen molar-refractivity contribution in [1.29, 1.82) is 0 Å². The summed E-state index contributed by atoms with van der Waals surface area (Å²) in [4.78, 5) is 13.2. The number of nitrogens with zero attached hydrogens (tertiary/aromatic N) is 1. The number of carbonyl (C=O) groups excluding carboxylic acids is 1. The van der Waals surface area contributed by atoms with Crippen LogP contribution in [0.1, 0.15) is 10.6 Å². The number of thiophene rings is 1. The van der Waals surface area contributed by atoms with E-state index in [0.717, 1.165) is 12.0 Å². The van der Waals surface area contributed by atoms with Crippen LogP contribution in [0.5, 0.6) is 0 Å². The number of aromatic nitrogens is 1. The highest BCUT2D eigenvalue weighted by Gasteiger charge is 2.10. The molecule has 5 heteroatoms. The standard InChI is InChI=1S/C17H16N2O2S/c20-17(18-9-8-15-7-4-10-22-15)12-14-11-16(21-19-14)13-5-2-1-3-6-13/h1-7,10-11H,8-9,12H2,(H,18,20). The summed E-state index contributed by atoms with van der Waals surface area (Å²) in [6, 6.07) is 15.6. The van der Waals surface area contributed by atoms with Crippen molar-refractivity contribution in [3.63, 3.8) is 0 Å². The molecule has 2 aromatic heterocycles. The second-order valence-corrected chi connectivity index (χ2v) is 5.94. The summed E-state index contributed by atoms with van der Waals surface area (Å²) >= 11 is 1.70. The van der Waals surface area contributed by atoms with Gasteiger partial charge in [-0.1, -0.05) is 41.6 Å². The van der Waals surface area contributed by atoms with Gasteiger partial charge >= 0.3 is 0 Å². The van der Waals surface area contributed by atoms with Gasteiger partial charge in [0, 0.05) is 23.1 Å². The number of nitrogens with one attached hydrogen (secondary N) is 1. The molecule has 4 nitrogen and oxygen atoms in total. The van der Waals surface area contributed by atoms with E-state index in [0.29, 0.717) is 18.0 Å². The monoisotopic (exact) mass is 312 g/mol. The summed E-state index contributed by atoms with van der Waals surface area (Å²) in [5.41, 5.74) is 1.60. The predicted octanol–water partition coefficient (Wildman–Crippen LogP) is 3.30. The molecule has 0 atom stereocenters. The Balaban J connectivity index is 1.50. The maximum absolute atomic E-state index is 11.9. The van der Waals surface area contributed by atoms with E-state index in [4.69, 9.17) is 4.52 Å². The Morgan fingerprint density at radius 1 is 1.18 bits per heavy atom. The van der Waals surface area contributed by atoms with Crippen molar-refractivity contribution in [3.05, 3.63) is 64.5 Å². The lowest BCUT2D eigenvalue weighted by Crippen LogP contribution is -2.27. The molecule has 0 bridgehead atoms. The first-order valence-corrected chi connectivity index (χ1v) is 7.99. The largest absolute Gasteiger partial charge is 0.356 e. The highest BCUT2D eigenvalue weighted by atomic mass is 32.1. The van der Waals surface area contributed by atoms with Crippen LogP contribution in [-0.2, 0) is 17.6 Å². The molecule has 0 saturated heterocycles. The van der Waals surface area contributed by atoms with Gasteiger partial charge in [-0.2, -0.15) is 0 Å². The summed E-state index contributed by atoms with van der Waals surface area (Å²) in [5.74, 6) is 0.645. The van der Waals surface area contributed by atoms with Crippen LogP contribution in [0.15, 0.2) is 58.4 Å². The van der Waals surface area contributed by atoms with Crippen LogP contribution in [0.3, 0.4) is 0 Å². The molecular formula is C17H16N2O2S. The van der Waals surface area contributed by atoms with Gasteiger partial charge in [-0.15, -0.1) is 11.3 Å². The molecule has 3 aromatic rings. The van der Waals surface area contributed by atoms with Crippen LogP contribution in [0.4, 0.5) is 0 Å². The molecule has 0 unspecified atom stereocenters. The first-order chi connectivity index (χ1) is 10.8. The van der Waals surface area contributed by atoms with Gasteiger partial charge in [-0.3, -0.25) is 4.79 Å². The number of carbonyl (C=O) groups is 1. The van der Waals surface area contributed by atoms with E-state index in [1.54, 1.807) is 11.3 Å². The Morgan fingerprint density at radius 3 is 2.82 bits per heavy atom. The average Bonchev–Trinajstić information content (AvgIpc) is 3.20. The second-order valence-electron chi connectivity index (χ2n) is 4.90. The molecule has 0 aliphatic carbocycles. The number of amides is 1. The zero-order chi connectivity index (χ0) is 15.2. The van der Waals surface area contributed by atoms with E-state index in [1.807, 2.05) is 47.8 Å². The molecule has 0 saturated carbocycles.